The van der Waals surface area contributed by atoms with Gasteiger partial charge in [0.05, 0.1) is 0 Å². The molecule has 0 aromatic rings. The van der Waals surface area contributed by atoms with E-state index in [9.17, 15) is 14.4 Å². The summed E-state index contributed by atoms with van der Waals surface area (Å²) >= 11 is 0. The highest BCUT2D eigenvalue weighted by Crippen LogP contribution is 2.18. The average Bonchev–Trinajstić information content (AvgIpc) is 3.25. The molecule has 0 amide bonds. The van der Waals surface area contributed by atoms with E-state index in [2.05, 4.69) is 34.6 Å². The Hall–Kier alpha value is -1.59. The van der Waals surface area contributed by atoms with Gasteiger partial charge >= 0.3 is 17.9 Å². The zero-order valence-electron chi connectivity index (χ0n) is 43.2. The molecule has 1 atom stereocenters. The molecule has 0 aliphatic heterocycles. The van der Waals surface area contributed by atoms with Crippen LogP contribution in [0.5, 0.6) is 0 Å². The minimum Gasteiger partial charge on any atom is -0.462 e. The molecule has 0 unspecified atom stereocenters. The Balaban J connectivity index is 4.20. The molecule has 6 heteroatoms. The fraction of sp³-hybridized carbons (Fsp3) is 0.947. The van der Waals surface area contributed by atoms with Crippen LogP contribution in [0.15, 0.2) is 0 Å². The minimum atomic E-state index is -0.761. The number of carbonyl (C=O) groups is 3. The van der Waals surface area contributed by atoms with Crippen molar-refractivity contribution in [3.63, 3.8) is 0 Å². The maximum atomic E-state index is 12.8. The van der Waals surface area contributed by atoms with Gasteiger partial charge in [0.25, 0.3) is 0 Å². The van der Waals surface area contributed by atoms with E-state index in [-0.39, 0.29) is 31.1 Å². The second kappa shape index (κ2) is 49.8. The number of esters is 3. The first-order valence-electron chi connectivity index (χ1n) is 28.2. The SMILES string of the molecule is CCCCCCCCCCCCC(=O)OC[C@@H](COC(=O)CCCCCCCCCCCCCCCCCCCCC(C)C)OC(=O)CCCCCCCCCCCCCC(C)C. The van der Waals surface area contributed by atoms with E-state index in [1.807, 2.05) is 0 Å². The van der Waals surface area contributed by atoms with Gasteiger partial charge in [0.15, 0.2) is 6.10 Å². The fourth-order valence-corrected chi connectivity index (χ4v) is 8.70. The quantitative estimate of drug-likeness (QED) is 0.0344. The third kappa shape index (κ3) is 51.3. The largest absolute Gasteiger partial charge is 0.462 e. The third-order valence-electron chi connectivity index (χ3n) is 13.0. The van der Waals surface area contributed by atoms with Crippen LogP contribution in [0.3, 0.4) is 0 Å². The highest BCUT2D eigenvalue weighted by atomic mass is 16.6. The first kappa shape index (κ1) is 61.4. The zero-order valence-corrected chi connectivity index (χ0v) is 43.2. The maximum absolute atomic E-state index is 12.8. The van der Waals surface area contributed by atoms with Crippen molar-refractivity contribution in [2.45, 2.75) is 323 Å². The highest BCUT2D eigenvalue weighted by Gasteiger charge is 2.19. The molecule has 0 aromatic carbocycles. The number of carbonyl (C=O) groups excluding carboxylic acids is 3. The standard InChI is InChI=1S/C57H110O6/c1-6-7-8-9-10-11-27-32-37-42-47-55(58)61-50-54(63-57(60)49-44-39-34-29-24-20-22-26-31-36-41-46-53(4)5)51-62-56(59)48-43-38-33-28-23-19-17-15-13-12-14-16-18-21-25-30-35-40-45-52(2)3/h52-54H,6-51H2,1-5H3/t54-/m0/s1. The molecule has 0 rings (SSSR count). The van der Waals surface area contributed by atoms with Crippen LogP contribution in [0.4, 0.5) is 0 Å². The lowest BCUT2D eigenvalue weighted by Gasteiger charge is -2.18. The molecular formula is C57H110O6. The first-order valence-corrected chi connectivity index (χ1v) is 28.2. The number of hydrogen-bond acceptors (Lipinski definition) is 6. The highest BCUT2D eigenvalue weighted by molar-refractivity contribution is 5.71. The molecule has 0 radical (unpaired) electrons. The number of unbranched alkanes of at least 4 members (excludes halogenated alkanes) is 36. The van der Waals surface area contributed by atoms with Crippen LogP contribution in [-0.2, 0) is 28.6 Å². The summed E-state index contributed by atoms with van der Waals surface area (Å²) in [5, 5.41) is 0. The molecule has 0 aromatic heterocycles. The Kier molecular flexibility index (Phi) is 48.6. The molecule has 0 saturated carbocycles. The Bertz CT molecular complexity index is 962. The van der Waals surface area contributed by atoms with Gasteiger partial charge in [-0.05, 0) is 31.1 Å². The summed E-state index contributed by atoms with van der Waals surface area (Å²) in [6, 6.07) is 0. The Morgan fingerprint density at radius 3 is 0.778 bits per heavy atom. The van der Waals surface area contributed by atoms with E-state index in [4.69, 9.17) is 14.2 Å². The predicted octanol–water partition coefficient (Wildman–Crippen LogP) is 18.5. The number of hydrogen-bond donors (Lipinski definition) is 0. The van der Waals surface area contributed by atoms with Gasteiger partial charge in [-0.25, -0.2) is 0 Å². The Labute approximate surface area is 393 Å². The summed E-state index contributed by atoms with van der Waals surface area (Å²) in [5.74, 6) is 0.840. The van der Waals surface area contributed by atoms with Crippen molar-refractivity contribution < 1.29 is 28.6 Å². The summed E-state index contributed by atoms with van der Waals surface area (Å²) in [5.41, 5.74) is 0. The van der Waals surface area contributed by atoms with E-state index < -0.39 is 6.10 Å². The monoisotopic (exact) mass is 891 g/mol. The average molecular weight is 892 g/mol. The van der Waals surface area contributed by atoms with E-state index in [0.717, 1.165) is 69.6 Å². The molecule has 0 bridgehead atoms. The van der Waals surface area contributed by atoms with E-state index in [1.165, 1.54) is 205 Å². The minimum absolute atomic E-state index is 0.0630. The molecule has 0 fully saturated rings. The van der Waals surface area contributed by atoms with Crippen molar-refractivity contribution in [2.75, 3.05) is 13.2 Å². The molecule has 0 heterocycles. The summed E-state index contributed by atoms with van der Waals surface area (Å²) in [6.07, 6.45) is 52.4. The zero-order chi connectivity index (χ0) is 46.1. The van der Waals surface area contributed by atoms with Crippen molar-refractivity contribution in [3.8, 4) is 0 Å². The Morgan fingerprint density at radius 2 is 0.524 bits per heavy atom. The molecule has 374 valence electrons. The van der Waals surface area contributed by atoms with E-state index in [0.29, 0.717) is 19.3 Å². The molecule has 0 N–H and O–H groups in total. The third-order valence-corrected chi connectivity index (χ3v) is 13.0. The van der Waals surface area contributed by atoms with Crippen LogP contribution >= 0.6 is 0 Å². The first-order chi connectivity index (χ1) is 30.7. The van der Waals surface area contributed by atoms with Gasteiger partial charge in [-0.15, -0.1) is 0 Å². The van der Waals surface area contributed by atoms with Gasteiger partial charge in [-0.1, -0.05) is 279 Å². The van der Waals surface area contributed by atoms with Crippen LogP contribution in [0.2, 0.25) is 0 Å². The van der Waals surface area contributed by atoms with Crippen molar-refractivity contribution in [1.29, 1.82) is 0 Å². The number of rotatable bonds is 51. The van der Waals surface area contributed by atoms with Crippen molar-refractivity contribution >= 4 is 17.9 Å². The van der Waals surface area contributed by atoms with Gasteiger partial charge in [0.2, 0.25) is 0 Å². The van der Waals surface area contributed by atoms with Crippen LogP contribution in [0.1, 0.15) is 317 Å². The lowest BCUT2D eigenvalue weighted by molar-refractivity contribution is -0.167. The Morgan fingerprint density at radius 1 is 0.302 bits per heavy atom. The van der Waals surface area contributed by atoms with Gasteiger partial charge < -0.3 is 14.2 Å². The molecule has 63 heavy (non-hydrogen) atoms. The molecule has 0 aliphatic rings. The summed E-state index contributed by atoms with van der Waals surface area (Å²) in [4.78, 5) is 38.0. The lowest BCUT2D eigenvalue weighted by Crippen LogP contribution is -2.30. The molecule has 0 spiro atoms. The maximum Gasteiger partial charge on any atom is 0.306 e. The van der Waals surface area contributed by atoms with Crippen molar-refractivity contribution in [1.82, 2.24) is 0 Å². The summed E-state index contributed by atoms with van der Waals surface area (Å²) in [6.45, 7) is 11.4. The van der Waals surface area contributed by atoms with Crippen LogP contribution in [0.25, 0.3) is 0 Å². The van der Waals surface area contributed by atoms with Crippen LogP contribution < -0.4 is 0 Å². The smallest absolute Gasteiger partial charge is 0.306 e. The molecule has 0 aliphatic carbocycles. The fourth-order valence-electron chi connectivity index (χ4n) is 8.70. The molecular weight excluding hydrogens is 781 g/mol. The summed E-state index contributed by atoms with van der Waals surface area (Å²) < 4.78 is 16.8. The normalized spacial score (nSPS) is 12.0. The van der Waals surface area contributed by atoms with Gasteiger partial charge in [0, 0.05) is 19.3 Å². The summed E-state index contributed by atoms with van der Waals surface area (Å²) in [7, 11) is 0. The second-order valence-electron chi connectivity index (χ2n) is 20.5. The van der Waals surface area contributed by atoms with E-state index in [1.54, 1.807) is 0 Å². The van der Waals surface area contributed by atoms with Gasteiger partial charge in [0.1, 0.15) is 13.2 Å². The van der Waals surface area contributed by atoms with Crippen molar-refractivity contribution in [2.24, 2.45) is 11.8 Å². The molecule has 0 saturated heterocycles. The molecule has 6 nitrogen and oxygen atoms in total. The number of ether oxygens (including phenoxy) is 3. The van der Waals surface area contributed by atoms with E-state index >= 15 is 0 Å². The second-order valence-corrected chi connectivity index (χ2v) is 20.5. The van der Waals surface area contributed by atoms with Gasteiger partial charge in [-0.3, -0.25) is 14.4 Å². The van der Waals surface area contributed by atoms with Crippen LogP contribution in [0, 0.1) is 11.8 Å². The van der Waals surface area contributed by atoms with Gasteiger partial charge in [-0.2, -0.15) is 0 Å². The van der Waals surface area contributed by atoms with Crippen molar-refractivity contribution in [3.05, 3.63) is 0 Å². The topological polar surface area (TPSA) is 78.9 Å². The lowest BCUT2D eigenvalue weighted by atomic mass is 10.0. The predicted molar refractivity (Wildman–Crippen MR) is 270 cm³/mol. The van der Waals surface area contributed by atoms with Crippen LogP contribution in [-0.4, -0.2) is 37.2 Å².